The molecule has 2 amide bonds. The van der Waals surface area contributed by atoms with Crippen molar-refractivity contribution in [2.75, 3.05) is 13.1 Å². The van der Waals surface area contributed by atoms with Gasteiger partial charge in [0.2, 0.25) is 0 Å². The summed E-state index contributed by atoms with van der Waals surface area (Å²) >= 11 is 0. The van der Waals surface area contributed by atoms with Crippen molar-refractivity contribution in [2.45, 2.75) is 39.5 Å². The van der Waals surface area contributed by atoms with Crippen molar-refractivity contribution in [1.82, 2.24) is 25.0 Å². The van der Waals surface area contributed by atoms with E-state index in [1.54, 1.807) is 17.0 Å². The molecule has 2 heterocycles. The van der Waals surface area contributed by atoms with Gasteiger partial charge in [0, 0.05) is 12.6 Å². The molecule has 0 saturated carbocycles. The van der Waals surface area contributed by atoms with Crippen LogP contribution in [0.2, 0.25) is 0 Å². The molecule has 0 saturated heterocycles. The number of carbonyl (C=O) groups excluding carboxylic acids is 1. The summed E-state index contributed by atoms with van der Waals surface area (Å²) in [6, 6.07) is 5.85. The fraction of sp³-hybridized carbons (Fsp3) is 0.471. The van der Waals surface area contributed by atoms with Crippen LogP contribution in [0.1, 0.15) is 25.0 Å². The number of rotatable bonds is 5. The van der Waals surface area contributed by atoms with Crippen LogP contribution in [-0.4, -0.2) is 44.9 Å². The first-order valence-corrected chi connectivity index (χ1v) is 8.40. The summed E-state index contributed by atoms with van der Waals surface area (Å²) in [5.74, 6) is 1.63. The van der Waals surface area contributed by atoms with Crippen molar-refractivity contribution in [2.24, 2.45) is 0 Å². The fourth-order valence-corrected chi connectivity index (χ4v) is 2.75. The number of fused-ring (bicyclic) bond motifs is 1. The Morgan fingerprint density at radius 1 is 1.44 bits per heavy atom. The molecule has 25 heavy (non-hydrogen) atoms. The number of hydrogen-bond donors (Lipinski definition) is 1. The van der Waals surface area contributed by atoms with E-state index in [-0.39, 0.29) is 18.0 Å². The van der Waals surface area contributed by atoms with E-state index in [4.69, 9.17) is 4.74 Å². The monoisotopic (exact) mass is 347 g/mol. The van der Waals surface area contributed by atoms with Gasteiger partial charge in [0.25, 0.3) is 0 Å². The van der Waals surface area contributed by atoms with Gasteiger partial charge in [-0.25, -0.2) is 18.9 Å². The smallest absolute Gasteiger partial charge is 0.318 e. The number of nitrogens with zero attached hydrogens (tertiary/aromatic N) is 4. The molecule has 1 aromatic heterocycles. The summed E-state index contributed by atoms with van der Waals surface area (Å²) in [4.78, 5) is 18.4. The highest BCUT2D eigenvalue weighted by Gasteiger charge is 2.23. The van der Waals surface area contributed by atoms with E-state index in [2.05, 4.69) is 15.4 Å². The maximum Gasteiger partial charge on any atom is 0.318 e. The summed E-state index contributed by atoms with van der Waals surface area (Å²) in [7, 11) is 0. The van der Waals surface area contributed by atoms with Gasteiger partial charge in [0.1, 0.15) is 29.3 Å². The van der Waals surface area contributed by atoms with Gasteiger partial charge >= 0.3 is 6.03 Å². The van der Waals surface area contributed by atoms with Crippen molar-refractivity contribution >= 4 is 6.03 Å². The highest BCUT2D eigenvalue weighted by atomic mass is 19.1. The Hall–Kier alpha value is -2.64. The van der Waals surface area contributed by atoms with E-state index in [1.807, 2.05) is 18.5 Å². The number of halogens is 1. The molecular weight excluding hydrogens is 325 g/mol. The number of hydrogen-bond acceptors (Lipinski definition) is 4. The summed E-state index contributed by atoms with van der Waals surface area (Å²) in [6.45, 7) is 5.82. The van der Waals surface area contributed by atoms with Crippen LogP contribution in [0, 0.1) is 12.7 Å². The maximum absolute atomic E-state index is 13.2. The van der Waals surface area contributed by atoms with Crippen LogP contribution in [0.3, 0.4) is 0 Å². The van der Waals surface area contributed by atoms with Gasteiger partial charge in [-0.05, 0) is 25.5 Å². The van der Waals surface area contributed by atoms with Gasteiger partial charge in [-0.2, -0.15) is 5.10 Å². The Morgan fingerprint density at radius 3 is 3.04 bits per heavy atom. The molecule has 8 heteroatoms. The predicted molar refractivity (Wildman–Crippen MR) is 89.7 cm³/mol. The molecule has 1 atom stereocenters. The Kier molecular flexibility index (Phi) is 5.16. The number of nitrogens with one attached hydrogen (secondary N) is 1. The van der Waals surface area contributed by atoms with Gasteiger partial charge in [-0.15, -0.1) is 0 Å². The molecule has 1 aromatic carbocycles. The number of amides is 2. The quantitative estimate of drug-likeness (QED) is 0.899. The minimum atomic E-state index is -0.343. The van der Waals surface area contributed by atoms with Crippen LogP contribution >= 0.6 is 0 Å². The Balaban J connectivity index is 1.52. The van der Waals surface area contributed by atoms with Crippen LogP contribution in [0.4, 0.5) is 9.18 Å². The lowest BCUT2D eigenvalue weighted by Gasteiger charge is -2.27. The van der Waals surface area contributed by atoms with E-state index < -0.39 is 0 Å². The van der Waals surface area contributed by atoms with E-state index in [0.717, 1.165) is 5.82 Å². The zero-order valence-electron chi connectivity index (χ0n) is 14.4. The zero-order chi connectivity index (χ0) is 17.8. The molecule has 3 rings (SSSR count). The molecule has 1 unspecified atom stereocenters. The molecule has 1 N–H and O–H groups in total. The van der Waals surface area contributed by atoms with Crippen molar-refractivity contribution in [3.8, 4) is 5.75 Å². The normalized spacial score (nSPS) is 14.8. The summed E-state index contributed by atoms with van der Waals surface area (Å²) in [5.41, 5.74) is 0. The highest BCUT2D eigenvalue weighted by Crippen LogP contribution is 2.15. The Bertz CT molecular complexity index is 748. The Morgan fingerprint density at radius 2 is 2.28 bits per heavy atom. The topological polar surface area (TPSA) is 72.3 Å². The molecule has 0 spiro atoms. The van der Waals surface area contributed by atoms with Crippen molar-refractivity contribution < 1.29 is 13.9 Å². The third-order valence-corrected chi connectivity index (χ3v) is 4.09. The molecular formula is C17H22FN5O2. The molecule has 7 nitrogen and oxygen atoms in total. The number of aryl methyl sites for hydroxylation is 1. The van der Waals surface area contributed by atoms with E-state index in [0.29, 0.717) is 44.2 Å². The van der Waals surface area contributed by atoms with Crippen LogP contribution in [0.15, 0.2) is 24.3 Å². The molecule has 1 aliphatic rings. The Labute approximate surface area is 145 Å². The molecule has 0 aliphatic carbocycles. The van der Waals surface area contributed by atoms with Crippen molar-refractivity contribution in [3.63, 3.8) is 0 Å². The second kappa shape index (κ2) is 7.50. The SMILES string of the molecule is CCC(CNC(=O)N1CCn2nc(C)nc2C1)Oc1cccc(F)c1. The molecule has 2 aromatic rings. The average Bonchev–Trinajstić information content (AvgIpc) is 2.97. The van der Waals surface area contributed by atoms with Crippen molar-refractivity contribution in [3.05, 3.63) is 41.7 Å². The summed E-state index contributed by atoms with van der Waals surface area (Å²) < 4.78 is 20.8. The molecule has 0 fully saturated rings. The zero-order valence-corrected chi connectivity index (χ0v) is 14.4. The largest absolute Gasteiger partial charge is 0.489 e. The third kappa shape index (κ3) is 4.26. The molecule has 1 aliphatic heterocycles. The fourth-order valence-electron chi connectivity index (χ4n) is 2.75. The van der Waals surface area contributed by atoms with Crippen LogP contribution < -0.4 is 10.1 Å². The first kappa shape index (κ1) is 17.2. The van der Waals surface area contributed by atoms with E-state index >= 15 is 0 Å². The average molecular weight is 347 g/mol. The minimum absolute atomic E-state index is 0.159. The van der Waals surface area contributed by atoms with Gasteiger partial charge in [-0.1, -0.05) is 13.0 Å². The van der Waals surface area contributed by atoms with Crippen LogP contribution in [0.25, 0.3) is 0 Å². The number of benzene rings is 1. The second-order valence-electron chi connectivity index (χ2n) is 6.01. The molecule has 0 radical (unpaired) electrons. The number of urea groups is 1. The van der Waals surface area contributed by atoms with Gasteiger partial charge in [0.15, 0.2) is 0 Å². The van der Waals surface area contributed by atoms with Crippen molar-refractivity contribution in [1.29, 1.82) is 0 Å². The molecule has 134 valence electrons. The third-order valence-electron chi connectivity index (χ3n) is 4.09. The summed E-state index contributed by atoms with van der Waals surface area (Å²) in [5, 5.41) is 7.17. The van der Waals surface area contributed by atoms with Crippen LogP contribution in [-0.2, 0) is 13.1 Å². The lowest BCUT2D eigenvalue weighted by Crippen LogP contribution is -2.47. The second-order valence-corrected chi connectivity index (χ2v) is 6.01. The molecule has 0 bridgehead atoms. The summed E-state index contributed by atoms with van der Waals surface area (Å²) in [6.07, 6.45) is 0.478. The van der Waals surface area contributed by atoms with Gasteiger partial charge in [-0.3, -0.25) is 0 Å². The number of aromatic nitrogens is 3. The van der Waals surface area contributed by atoms with E-state index in [9.17, 15) is 9.18 Å². The first-order valence-electron chi connectivity index (χ1n) is 8.40. The predicted octanol–water partition coefficient (Wildman–Crippen LogP) is 2.11. The minimum Gasteiger partial charge on any atom is -0.489 e. The number of carbonyl (C=O) groups is 1. The highest BCUT2D eigenvalue weighted by molar-refractivity contribution is 5.74. The van der Waals surface area contributed by atoms with Gasteiger partial charge < -0.3 is 15.0 Å². The van der Waals surface area contributed by atoms with Crippen LogP contribution in [0.5, 0.6) is 5.75 Å². The number of ether oxygens (including phenoxy) is 1. The standard InChI is InChI=1S/C17H22FN5O2/c1-3-14(25-15-6-4-5-13(18)9-15)10-19-17(24)22-7-8-23-16(11-22)20-12(2)21-23/h4-6,9,14H,3,7-8,10-11H2,1-2H3,(H,19,24). The first-order chi connectivity index (χ1) is 12.0. The lowest BCUT2D eigenvalue weighted by atomic mass is 10.2. The van der Waals surface area contributed by atoms with E-state index in [1.165, 1.54) is 12.1 Å². The lowest BCUT2D eigenvalue weighted by molar-refractivity contribution is 0.162. The maximum atomic E-state index is 13.2. The van der Waals surface area contributed by atoms with Gasteiger partial charge in [0.05, 0.1) is 19.6 Å².